The number of rotatable bonds is 12. The van der Waals surface area contributed by atoms with Crippen molar-refractivity contribution in [2.24, 2.45) is 0 Å². The van der Waals surface area contributed by atoms with E-state index in [2.05, 4.69) is 12.1 Å². The fraction of sp³-hybridized carbons (Fsp3) is 0.212. The van der Waals surface area contributed by atoms with Crippen LogP contribution in [0.5, 0.6) is 11.5 Å². The van der Waals surface area contributed by atoms with Gasteiger partial charge < -0.3 is 19.5 Å². The molecule has 0 fully saturated rings. The molecule has 0 atom stereocenters. The highest BCUT2D eigenvalue weighted by atomic mass is 16.5. The number of carbonyl (C=O) groups is 2. The van der Waals surface area contributed by atoms with Gasteiger partial charge in [0, 0.05) is 18.7 Å². The summed E-state index contributed by atoms with van der Waals surface area (Å²) < 4.78 is 11.0. The second-order valence-electron chi connectivity index (χ2n) is 9.28. The molecule has 0 saturated carbocycles. The highest BCUT2D eigenvalue weighted by Crippen LogP contribution is 2.31. The number of methoxy groups -OCH3 is 2. The number of carboxylic acids is 1. The molecule has 1 amide bonds. The standard InChI is InChI=1S/C33H33NO5/c1-38-30-16-8-13-27(32(30)39-2)22-31(35)34(21-9-12-24-10-4-3-5-11-24)23-25-17-19-26(20-18-25)28-14-6-7-15-29(28)33(36)37/h3-8,10-11,13-20H,9,12,21-23H2,1-2H3,(H,36,37). The van der Waals surface area contributed by atoms with E-state index in [9.17, 15) is 14.7 Å². The minimum Gasteiger partial charge on any atom is -0.493 e. The number of hydrogen-bond donors (Lipinski definition) is 1. The van der Waals surface area contributed by atoms with Crippen LogP contribution in [0, 0.1) is 0 Å². The second-order valence-corrected chi connectivity index (χ2v) is 9.28. The van der Waals surface area contributed by atoms with E-state index in [4.69, 9.17) is 9.47 Å². The topological polar surface area (TPSA) is 76.1 Å². The molecule has 0 aliphatic carbocycles. The largest absolute Gasteiger partial charge is 0.493 e. The maximum atomic E-state index is 13.6. The Kier molecular flexibility index (Phi) is 9.35. The second kappa shape index (κ2) is 13.3. The number of nitrogens with zero attached hydrogens (tertiary/aromatic N) is 1. The van der Waals surface area contributed by atoms with Crippen molar-refractivity contribution in [3.05, 3.63) is 119 Å². The molecule has 4 aromatic rings. The normalized spacial score (nSPS) is 10.6. The molecule has 4 rings (SSSR count). The van der Waals surface area contributed by atoms with Crippen LogP contribution in [0.15, 0.2) is 97.1 Å². The van der Waals surface area contributed by atoms with Crippen molar-refractivity contribution in [3.8, 4) is 22.6 Å². The van der Waals surface area contributed by atoms with Gasteiger partial charge in [0.2, 0.25) is 5.91 Å². The minimum absolute atomic E-state index is 0.00471. The Morgan fingerprint density at radius 3 is 2.18 bits per heavy atom. The van der Waals surface area contributed by atoms with Gasteiger partial charge in [-0.1, -0.05) is 84.9 Å². The average molecular weight is 524 g/mol. The van der Waals surface area contributed by atoms with Crippen molar-refractivity contribution in [3.63, 3.8) is 0 Å². The Balaban J connectivity index is 1.53. The van der Waals surface area contributed by atoms with Crippen molar-refractivity contribution in [1.82, 2.24) is 4.90 Å². The summed E-state index contributed by atoms with van der Waals surface area (Å²) in [5.41, 5.74) is 4.72. The van der Waals surface area contributed by atoms with Crippen LogP contribution in [0.25, 0.3) is 11.1 Å². The summed E-state index contributed by atoms with van der Waals surface area (Å²) in [6, 6.07) is 30.5. The molecule has 0 unspecified atom stereocenters. The molecule has 6 nitrogen and oxygen atoms in total. The number of hydrogen-bond acceptors (Lipinski definition) is 4. The van der Waals surface area contributed by atoms with Crippen molar-refractivity contribution in [1.29, 1.82) is 0 Å². The molecule has 0 aliphatic heterocycles. The average Bonchev–Trinajstić information content (AvgIpc) is 2.97. The quantitative estimate of drug-likeness (QED) is 0.237. The molecule has 0 saturated heterocycles. The number of amides is 1. The molecule has 200 valence electrons. The van der Waals surface area contributed by atoms with E-state index < -0.39 is 5.97 Å². The van der Waals surface area contributed by atoms with Crippen LogP contribution in [0.4, 0.5) is 0 Å². The molecule has 0 heterocycles. The number of aromatic carboxylic acids is 1. The van der Waals surface area contributed by atoms with Gasteiger partial charge in [0.1, 0.15) is 0 Å². The molecule has 0 spiro atoms. The number of ether oxygens (including phenoxy) is 2. The highest BCUT2D eigenvalue weighted by molar-refractivity contribution is 5.96. The predicted octanol–water partition coefficient (Wildman–Crippen LogP) is 6.27. The first-order valence-electron chi connectivity index (χ1n) is 12.9. The fourth-order valence-corrected chi connectivity index (χ4v) is 4.71. The van der Waals surface area contributed by atoms with E-state index in [1.807, 2.05) is 71.6 Å². The summed E-state index contributed by atoms with van der Waals surface area (Å²) in [4.78, 5) is 27.1. The van der Waals surface area contributed by atoms with Crippen LogP contribution in [-0.2, 0) is 24.2 Å². The van der Waals surface area contributed by atoms with Crippen LogP contribution in [0.3, 0.4) is 0 Å². The van der Waals surface area contributed by atoms with Gasteiger partial charge in [-0.25, -0.2) is 4.79 Å². The van der Waals surface area contributed by atoms with Crippen LogP contribution in [0.1, 0.15) is 33.5 Å². The van der Waals surface area contributed by atoms with E-state index in [0.29, 0.717) is 30.2 Å². The number of para-hydroxylation sites is 1. The first-order valence-corrected chi connectivity index (χ1v) is 12.9. The van der Waals surface area contributed by atoms with Crippen molar-refractivity contribution >= 4 is 11.9 Å². The van der Waals surface area contributed by atoms with Gasteiger partial charge in [-0.2, -0.15) is 0 Å². The zero-order valence-corrected chi connectivity index (χ0v) is 22.3. The lowest BCUT2D eigenvalue weighted by atomic mass is 9.98. The monoisotopic (exact) mass is 523 g/mol. The SMILES string of the molecule is COc1cccc(CC(=O)N(CCCc2ccccc2)Cc2ccc(-c3ccccc3C(=O)O)cc2)c1OC. The van der Waals surface area contributed by atoms with Gasteiger partial charge in [0.25, 0.3) is 0 Å². The molecule has 0 aliphatic rings. The summed E-state index contributed by atoms with van der Waals surface area (Å²) in [6.07, 6.45) is 1.89. The minimum atomic E-state index is -0.960. The maximum Gasteiger partial charge on any atom is 0.336 e. The highest BCUT2D eigenvalue weighted by Gasteiger charge is 2.19. The van der Waals surface area contributed by atoms with Crippen LogP contribution in [0.2, 0.25) is 0 Å². The van der Waals surface area contributed by atoms with E-state index in [0.717, 1.165) is 29.5 Å². The Morgan fingerprint density at radius 2 is 1.49 bits per heavy atom. The Hall–Kier alpha value is -4.58. The molecule has 1 N–H and O–H groups in total. The summed E-state index contributed by atoms with van der Waals surface area (Å²) >= 11 is 0. The summed E-state index contributed by atoms with van der Waals surface area (Å²) in [6.45, 7) is 1.05. The maximum absolute atomic E-state index is 13.6. The predicted molar refractivity (Wildman–Crippen MR) is 152 cm³/mol. The lowest BCUT2D eigenvalue weighted by molar-refractivity contribution is -0.131. The number of benzene rings is 4. The van der Waals surface area contributed by atoms with Gasteiger partial charge in [-0.15, -0.1) is 0 Å². The fourth-order valence-electron chi connectivity index (χ4n) is 4.71. The molecule has 0 radical (unpaired) electrons. The third-order valence-corrected chi connectivity index (χ3v) is 6.71. The van der Waals surface area contributed by atoms with Crippen LogP contribution in [-0.4, -0.2) is 42.6 Å². The van der Waals surface area contributed by atoms with Crippen molar-refractivity contribution < 1.29 is 24.2 Å². The molecular formula is C33H33NO5. The third-order valence-electron chi connectivity index (χ3n) is 6.71. The van der Waals surface area contributed by atoms with E-state index in [1.54, 1.807) is 32.4 Å². The van der Waals surface area contributed by atoms with Crippen LogP contribution >= 0.6 is 0 Å². The van der Waals surface area contributed by atoms with Gasteiger partial charge in [0.15, 0.2) is 11.5 Å². The zero-order chi connectivity index (χ0) is 27.6. The van der Waals surface area contributed by atoms with Crippen LogP contribution < -0.4 is 9.47 Å². The number of aryl methyl sites for hydroxylation is 1. The lowest BCUT2D eigenvalue weighted by Crippen LogP contribution is -2.33. The first kappa shape index (κ1) is 27.5. The Labute approximate surface area is 229 Å². The number of carbonyl (C=O) groups excluding carboxylic acids is 1. The third kappa shape index (κ3) is 7.05. The van der Waals surface area contributed by atoms with E-state index >= 15 is 0 Å². The van der Waals surface area contributed by atoms with Gasteiger partial charge >= 0.3 is 5.97 Å². The molecule has 0 bridgehead atoms. The summed E-state index contributed by atoms with van der Waals surface area (Å²) in [7, 11) is 3.16. The number of carboxylic acid groups (broad SMARTS) is 1. The van der Waals surface area contributed by atoms with Gasteiger partial charge in [-0.05, 0) is 47.2 Å². The summed E-state index contributed by atoms with van der Waals surface area (Å²) in [5.74, 6) is 0.197. The van der Waals surface area contributed by atoms with E-state index in [-0.39, 0.29) is 17.9 Å². The van der Waals surface area contributed by atoms with E-state index in [1.165, 1.54) is 5.56 Å². The molecule has 39 heavy (non-hydrogen) atoms. The first-order chi connectivity index (χ1) is 19.0. The van der Waals surface area contributed by atoms with Gasteiger partial charge in [0.05, 0.1) is 26.2 Å². The molecular weight excluding hydrogens is 490 g/mol. The molecule has 0 aromatic heterocycles. The smallest absolute Gasteiger partial charge is 0.336 e. The lowest BCUT2D eigenvalue weighted by Gasteiger charge is -2.24. The van der Waals surface area contributed by atoms with Gasteiger partial charge in [-0.3, -0.25) is 4.79 Å². The van der Waals surface area contributed by atoms with Crippen molar-refractivity contribution in [2.75, 3.05) is 20.8 Å². The Bertz CT molecular complexity index is 1400. The summed E-state index contributed by atoms with van der Waals surface area (Å²) in [5, 5.41) is 9.56. The zero-order valence-electron chi connectivity index (χ0n) is 22.3. The molecule has 4 aromatic carbocycles. The Morgan fingerprint density at radius 1 is 0.769 bits per heavy atom. The van der Waals surface area contributed by atoms with Crippen molar-refractivity contribution in [2.45, 2.75) is 25.8 Å². The molecule has 6 heteroatoms.